The first-order valence-corrected chi connectivity index (χ1v) is 5.92. The Labute approximate surface area is 96.9 Å². The molecular weight excluding hydrogens is 202 g/mol. The maximum atomic E-state index is 11.5. The van der Waals surface area contributed by atoms with Crippen LogP contribution in [0, 0.1) is 11.8 Å². The lowest BCUT2D eigenvalue weighted by Gasteiger charge is -2.19. The first-order chi connectivity index (χ1) is 7.39. The molecule has 3 nitrogen and oxygen atoms in total. The van der Waals surface area contributed by atoms with Gasteiger partial charge in [-0.3, -0.25) is 5.32 Å². The van der Waals surface area contributed by atoms with E-state index in [-0.39, 0.29) is 5.54 Å². The smallest absolute Gasteiger partial charge is 0.384 e. The number of esters is 1. The molecule has 0 aromatic carbocycles. The molecule has 16 heavy (non-hydrogen) atoms. The summed E-state index contributed by atoms with van der Waals surface area (Å²) >= 11 is 0. The van der Waals surface area contributed by atoms with Crippen LogP contribution in [0.1, 0.15) is 46.5 Å². The summed E-state index contributed by atoms with van der Waals surface area (Å²) in [7, 11) is 0. The molecule has 2 aliphatic heterocycles. The molecule has 0 spiro atoms. The van der Waals surface area contributed by atoms with E-state index in [2.05, 4.69) is 17.2 Å². The van der Waals surface area contributed by atoms with Gasteiger partial charge < -0.3 is 4.74 Å². The van der Waals surface area contributed by atoms with Crippen molar-refractivity contribution >= 4 is 5.97 Å². The zero-order valence-electron chi connectivity index (χ0n) is 10.2. The number of hydrogen-bond acceptors (Lipinski definition) is 3. The predicted molar refractivity (Wildman–Crippen MR) is 61.7 cm³/mol. The van der Waals surface area contributed by atoms with Crippen molar-refractivity contribution in [1.29, 1.82) is 0 Å². The van der Waals surface area contributed by atoms with Gasteiger partial charge in [0.2, 0.25) is 0 Å². The molecule has 0 saturated carbocycles. The lowest BCUT2D eigenvalue weighted by atomic mass is 9.89. The third-order valence-corrected chi connectivity index (χ3v) is 3.12. The highest BCUT2D eigenvalue weighted by Gasteiger charge is 2.43. The van der Waals surface area contributed by atoms with E-state index in [1.807, 2.05) is 20.8 Å². The van der Waals surface area contributed by atoms with E-state index < -0.39 is 11.6 Å². The van der Waals surface area contributed by atoms with Gasteiger partial charge in [-0.2, -0.15) is 0 Å². The fraction of sp³-hybridized carbons (Fsp3) is 0.769. The monoisotopic (exact) mass is 221 g/mol. The summed E-state index contributed by atoms with van der Waals surface area (Å²) in [5.74, 6) is 5.28. The normalized spacial score (nSPS) is 32.1. The van der Waals surface area contributed by atoms with Gasteiger partial charge in [0.25, 0.3) is 0 Å². The Morgan fingerprint density at radius 3 is 2.44 bits per heavy atom. The second-order valence-electron chi connectivity index (χ2n) is 5.75. The molecule has 88 valence electrons. The van der Waals surface area contributed by atoms with Crippen LogP contribution in [0.4, 0.5) is 0 Å². The van der Waals surface area contributed by atoms with Gasteiger partial charge in [-0.25, -0.2) is 4.79 Å². The van der Waals surface area contributed by atoms with Gasteiger partial charge in [-0.15, -0.1) is 0 Å². The van der Waals surface area contributed by atoms with Crippen molar-refractivity contribution in [2.45, 2.75) is 63.6 Å². The van der Waals surface area contributed by atoms with E-state index in [1.54, 1.807) is 0 Å². The van der Waals surface area contributed by atoms with Gasteiger partial charge in [0.1, 0.15) is 5.60 Å². The van der Waals surface area contributed by atoms with Crippen molar-refractivity contribution in [2.75, 3.05) is 0 Å². The van der Waals surface area contributed by atoms with Crippen molar-refractivity contribution in [3.8, 4) is 11.8 Å². The van der Waals surface area contributed by atoms with E-state index >= 15 is 0 Å². The van der Waals surface area contributed by atoms with Crippen LogP contribution in [0.3, 0.4) is 0 Å². The first-order valence-electron chi connectivity index (χ1n) is 5.92. The van der Waals surface area contributed by atoms with Crippen LogP contribution in [0.25, 0.3) is 0 Å². The van der Waals surface area contributed by atoms with Gasteiger partial charge in [0.05, 0.1) is 5.54 Å². The van der Waals surface area contributed by atoms with Crippen LogP contribution in [0.5, 0.6) is 0 Å². The Balaban J connectivity index is 1.97. The molecular formula is C13H19NO2. The lowest BCUT2D eigenvalue weighted by Crippen LogP contribution is -2.34. The van der Waals surface area contributed by atoms with E-state index in [0.717, 1.165) is 12.8 Å². The largest absolute Gasteiger partial charge is 0.450 e. The Kier molecular flexibility index (Phi) is 2.71. The molecule has 0 radical (unpaired) electrons. The van der Waals surface area contributed by atoms with Crippen LogP contribution >= 0.6 is 0 Å². The summed E-state index contributed by atoms with van der Waals surface area (Å²) < 4.78 is 5.16. The summed E-state index contributed by atoms with van der Waals surface area (Å²) in [6.07, 6.45) is 4.49. The number of nitrogens with one attached hydrogen (secondary N) is 1. The standard InChI is InChI=1S/C13H19NO2/c1-12(2,3)16-11(15)6-9-13-7-4-10(14-13)5-8-13/h10,14H,4-5,7-8H2,1-3H3. The first kappa shape index (κ1) is 11.5. The maximum absolute atomic E-state index is 11.5. The average Bonchev–Trinajstić information content (AvgIpc) is 2.72. The Morgan fingerprint density at radius 1 is 1.38 bits per heavy atom. The lowest BCUT2D eigenvalue weighted by molar-refractivity contribution is -0.147. The molecule has 0 aliphatic carbocycles. The predicted octanol–water partition coefficient (Wildman–Crippen LogP) is 1.62. The molecule has 2 aliphatic rings. The summed E-state index contributed by atoms with van der Waals surface area (Å²) in [6, 6.07) is 0.618. The Bertz CT molecular complexity index is 348. The Morgan fingerprint density at radius 2 is 2.00 bits per heavy atom. The number of hydrogen-bond donors (Lipinski definition) is 1. The molecule has 1 N–H and O–H groups in total. The number of ether oxygens (including phenoxy) is 1. The zero-order valence-corrected chi connectivity index (χ0v) is 10.2. The molecule has 0 aromatic heterocycles. The Hall–Kier alpha value is -1.01. The summed E-state index contributed by atoms with van der Waals surface area (Å²) in [5, 5.41) is 3.48. The van der Waals surface area contributed by atoms with Crippen molar-refractivity contribution in [3.05, 3.63) is 0 Å². The average molecular weight is 221 g/mol. The molecule has 0 atom stereocenters. The van der Waals surface area contributed by atoms with Crippen LogP contribution in [0.15, 0.2) is 0 Å². The van der Waals surface area contributed by atoms with Crippen LogP contribution in [-0.2, 0) is 9.53 Å². The van der Waals surface area contributed by atoms with E-state index in [4.69, 9.17) is 4.74 Å². The van der Waals surface area contributed by atoms with Crippen LogP contribution in [0.2, 0.25) is 0 Å². The van der Waals surface area contributed by atoms with Gasteiger partial charge in [0.15, 0.2) is 0 Å². The van der Waals surface area contributed by atoms with Crippen LogP contribution < -0.4 is 5.32 Å². The molecule has 0 unspecified atom stereocenters. The molecule has 3 heteroatoms. The van der Waals surface area contributed by atoms with Gasteiger partial charge >= 0.3 is 5.97 Å². The highest BCUT2D eigenvalue weighted by atomic mass is 16.6. The third kappa shape index (κ3) is 2.56. The van der Waals surface area contributed by atoms with Crippen molar-refractivity contribution < 1.29 is 9.53 Å². The molecule has 0 aromatic rings. The van der Waals surface area contributed by atoms with Gasteiger partial charge in [0, 0.05) is 12.0 Å². The number of fused-ring (bicyclic) bond motifs is 2. The van der Waals surface area contributed by atoms with E-state index in [9.17, 15) is 4.79 Å². The second kappa shape index (κ2) is 3.78. The van der Waals surface area contributed by atoms with Gasteiger partial charge in [-0.1, -0.05) is 5.92 Å². The highest BCUT2D eigenvalue weighted by Crippen LogP contribution is 2.36. The minimum absolute atomic E-state index is 0.0957. The number of carbonyl (C=O) groups is 1. The number of rotatable bonds is 0. The molecule has 2 rings (SSSR count). The van der Waals surface area contributed by atoms with Gasteiger partial charge in [-0.05, 0) is 46.5 Å². The van der Waals surface area contributed by atoms with Crippen molar-refractivity contribution in [2.24, 2.45) is 0 Å². The maximum Gasteiger partial charge on any atom is 0.384 e. The summed E-state index contributed by atoms with van der Waals surface area (Å²) in [6.45, 7) is 5.55. The SMILES string of the molecule is CC(C)(C)OC(=O)C#CC12CCC(CC1)N2. The number of carbonyl (C=O) groups excluding carboxylic acids is 1. The van der Waals surface area contributed by atoms with E-state index in [1.165, 1.54) is 12.8 Å². The minimum atomic E-state index is -0.454. The fourth-order valence-electron chi connectivity index (χ4n) is 2.43. The highest BCUT2D eigenvalue weighted by molar-refractivity contribution is 5.89. The summed E-state index contributed by atoms with van der Waals surface area (Å²) in [5.41, 5.74) is -0.549. The summed E-state index contributed by atoms with van der Waals surface area (Å²) in [4.78, 5) is 11.5. The van der Waals surface area contributed by atoms with Crippen molar-refractivity contribution in [1.82, 2.24) is 5.32 Å². The topological polar surface area (TPSA) is 38.3 Å². The van der Waals surface area contributed by atoms with E-state index in [0.29, 0.717) is 6.04 Å². The molecule has 2 saturated heterocycles. The van der Waals surface area contributed by atoms with Crippen LogP contribution in [-0.4, -0.2) is 23.2 Å². The molecule has 0 amide bonds. The molecule has 2 bridgehead atoms. The fourth-order valence-corrected chi connectivity index (χ4v) is 2.43. The minimum Gasteiger partial charge on any atom is -0.450 e. The third-order valence-electron chi connectivity index (χ3n) is 3.12. The molecule has 2 fully saturated rings. The molecule has 2 heterocycles. The van der Waals surface area contributed by atoms with Crippen molar-refractivity contribution in [3.63, 3.8) is 0 Å². The zero-order chi connectivity index (χ0) is 11.8. The second-order valence-corrected chi connectivity index (χ2v) is 5.75. The quantitative estimate of drug-likeness (QED) is 0.384.